The molecule has 0 amide bonds. The quantitative estimate of drug-likeness (QED) is 0.737. The summed E-state index contributed by atoms with van der Waals surface area (Å²) in [6, 6.07) is 9.38. The van der Waals surface area contributed by atoms with Crippen molar-refractivity contribution in [3.05, 3.63) is 42.6 Å². The van der Waals surface area contributed by atoms with E-state index in [2.05, 4.69) is 15.1 Å². The van der Waals surface area contributed by atoms with Gasteiger partial charge in [0, 0.05) is 11.6 Å². The number of nitrogens with zero attached hydrogens (tertiary/aromatic N) is 4. The molecule has 9 heteroatoms. The second-order valence-electron chi connectivity index (χ2n) is 4.94. The van der Waals surface area contributed by atoms with E-state index in [9.17, 15) is 13.9 Å². The highest BCUT2D eigenvalue weighted by Gasteiger charge is 2.16. The lowest BCUT2D eigenvalue weighted by Crippen LogP contribution is -2.08. The van der Waals surface area contributed by atoms with Crippen LogP contribution >= 0.6 is 0 Å². The third-order valence-corrected chi connectivity index (χ3v) is 3.23. The maximum absolute atomic E-state index is 12.4. The molecular weight excluding hydrogens is 334 g/mol. The van der Waals surface area contributed by atoms with Crippen LogP contribution in [0.15, 0.2) is 42.6 Å². The Morgan fingerprint density at radius 1 is 1.16 bits per heavy atom. The van der Waals surface area contributed by atoms with Crippen molar-refractivity contribution in [3.63, 3.8) is 0 Å². The molecule has 3 aromatic rings. The normalized spacial score (nSPS) is 10.9. The topological polar surface area (TPSA) is 82.3 Å². The van der Waals surface area contributed by atoms with Crippen LogP contribution in [0.25, 0.3) is 17.1 Å². The first-order valence-electron chi connectivity index (χ1n) is 7.24. The first-order chi connectivity index (χ1) is 12.1. The number of aromatic hydroxyl groups is 1. The molecule has 7 nitrogen and oxygen atoms in total. The van der Waals surface area contributed by atoms with Crippen molar-refractivity contribution in [1.82, 2.24) is 19.7 Å². The summed E-state index contributed by atoms with van der Waals surface area (Å²) in [4.78, 5) is 8.25. The van der Waals surface area contributed by atoms with Crippen LogP contribution in [0, 0.1) is 0 Å². The molecular formula is C16H14F2N4O3. The van der Waals surface area contributed by atoms with E-state index < -0.39 is 13.0 Å². The minimum absolute atomic E-state index is 0.0927. The van der Waals surface area contributed by atoms with E-state index in [1.807, 2.05) is 0 Å². The number of phenols is 1. The number of pyridine rings is 1. The van der Waals surface area contributed by atoms with Crippen LogP contribution in [0.2, 0.25) is 0 Å². The SMILES string of the molecule is COc1ccc(-n2nc(OCC(F)F)nc2-c2ccc(O)cc2)cn1. The van der Waals surface area contributed by atoms with E-state index in [4.69, 9.17) is 9.47 Å². The van der Waals surface area contributed by atoms with Gasteiger partial charge in [-0.15, -0.1) is 5.10 Å². The van der Waals surface area contributed by atoms with E-state index >= 15 is 0 Å². The number of alkyl halides is 2. The Balaban J connectivity index is 2.02. The molecule has 0 saturated heterocycles. The van der Waals surface area contributed by atoms with Gasteiger partial charge in [-0.2, -0.15) is 4.98 Å². The first-order valence-corrected chi connectivity index (χ1v) is 7.24. The highest BCUT2D eigenvalue weighted by molar-refractivity contribution is 5.59. The Morgan fingerprint density at radius 2 is 1.92 bits per heavy atom. The molecule has 25 heavy (non-hydrogen) atoms. The number of aromatic nitrogens is 4. The molecule has 0 atom stereocenters. The molecule has 1 aromatic carbocycles. The van der Waals surface area contributed by atoms with Gasteiger partial charge in [0.15, 0.2) is 12.4 Å². The molecule has 0 aliphatic rings. The van der Waals surface area contributed by atoms with Gasteiger partial charge in [0.1, 0.15) is 5.75 Å². The fourth-order valence-electron chi connectivity index (χ4n) is 2.09. The maximum Gasteiger partial charge on any atom is 0.336 e. The van der Waals surface area contributed by atoms with E-state index in [1.165, 1.54) is 30.1 Å². The predicted octanol–water partition coefficient (Wildman–Crippen LogP) is 2.69. The fourth-order valence-corrected chi connectivity index (χ4v) is 2.09. The van der Waals surface area contributed by atoms with Crippen LogP contribution in [0.5, 0.6) is 17.6 Å². The summed E-state index contributed by atoms with van der Waals surface area (Å²) in [6.07, 6.45) is -1.12. The van der Waals surface area contributed by atoms with Crippen molar-refractivity contribution in [1.29, 1.82) is 0 Å². The third kappa shape index (κ3) is 3.82. The summed E-state index contributed by atoms with van der Waals surface area (Å²) in [5.74, 6) is 0.871. The number of benzene rings is 1. The molecule has 0 unspecified atom stereocenters. The van der Waals surface area contributed by atoms with Gasteiger partial charge in [-0.3, -0.25) is 0 Å². The number of phenolic OH excluding ortho intramolecular Hbond substituents is 1. The first kappa shape index (κ1) is 16.6. The zero-order valence-corrected chi connectivity index (χ0v) is 13.1. The van der Waals surface area contributed by atoms with Crippen molar-refractivity contribution in [2.75, 3.05) is 13.7 Å². The number of ether oxygens (including phenoxy) is 2. The van der Waals surface area contributed by atoms with E-state index in [1.54, 1.807) is 24.3 Å². The molecule has 0 spiro atoms. The van der Waals surface area contributed by atoms with Crippen LogP contribution in [0.1, 0.15) is 0 Å². The van der Waals surface area contributed by atoms with Crippen LogP contribution in [0.3, 0.4) is 0 Å². The average Bonchev–Trinajstić information content (AvgIpc) is 3.05. The minimum Gasteiger partial charge on any atom is -0.508 e. The van der Waals surface area contributed by atoms with Crippen LogP contribution < -0.4 is 9.47 Å². The van der Waals surface area contributed by atoms with E-state index in [0.29, 0.717) is 23.0 Å². The highest BCUT2D eigenvalue weighted by Crippen LogP contribution is 2.25. The number of hydrogen-bond donors (Lipinski definition) is 1. The highest BCUT2D eigenvalue weighted by atomic mass is 19.3. The Labute approximate surface area is 141 Å². The second-order valence-corrected chi connectivity index (χ2v) is 4.94. The van der Waals surface area contributed by atoms with Crippen molar-refractivity contribution in [2.45, 2.75) is 6.43 Å². The molecule has 0 radical (unpaired) electrons. The monoisotopic (exact) mass is 348 g/mol. The zero-order valence-electron chi connectivity index (χ0n) is 13.1. The molecule has 0 aliphatic carbocycles. The minimum atomic E-state index is -2.63. The van der Waals surface area contributed by atoms with Gasteiger partial charge in [0.05, 0.1) is 19.0 Å². The summed E-state index contributed by atoms with van der Waals surface area (Å²) in [6.45, 7) is -0.806. The molecule has 130 valence electrons. The standard InChI is InChI=1S/C16H14F2N4O3/c1-24-14-7-4-11(8-19-14)22-15(10-2-5-12(23)6-3-10)20-16(21-22)25-9-13(17)18/h2-8,13,23H,9H2,1H3. The van der Waals surface area contributed by atoms with Gasteiger partial charge in [-0.1, -0.05) is 0 Å². The summed E-state index contributed by atoms with van der Waals surface area (Å²) < 4.78 is 36.1. The Bertz CT molecular complexity index is 836. The van der Waals surface area contributed by atoms with Gasteiger partial charge in [-0.05, 0) is 30.3 Å². The lowest BCUT2D eigenvalue weighted by atomic mass is 10.2. The average molecular weight is 348 g/mol. The summed E-state index contributed by atoms with van der Waals surface area (Å²) in [5.41, 5.74) is 1.16. The Kier molecular flexibility index (Phi) is 4.73. The van der Waals surface area contributed by atoms with E-state index in [0.717, 1.165) is 0 Å². The van der Waals surface area contributed by atoms with Crippen LogP contribution in [-0.4, -0.2) is 45.0 Å². The number of halogens is 2. The number of hydrogen-bond acceptors (Lipinski definition) is 6. The van der Waals surface area contributed by atoms with Gasteiger partial charge in [0.2, 0.25) is 5.88 Å². The zero-order chi connectivity index (χ0) is 17.8. The van der Waals surface area contributed by atoms with Crippen LogP contribution in [0.4, 0.5) is 8.78 Å². The van der Waals surface area contributed by atoms with Crippen molar-refractivity contribution < 1.29 is 23.4 Å². The molecule has 0 saturated carbocycles. The smallest absolute Gasteiger partial charge is 0.336 e. The summed E-state index contributed by atoms with van der Waals surface area (Å²) in [7, 11) is 1.50. The third-order valence-electron chi connectivity index (χ3n) is 3.23. The Hall–Kier alpha value is -3.23. The van der Waals surface area contributed by atoms with E-state index in [-0.39, 0.29) is 11.8 Å². The van der Waals surface area contributed by atoms with Crippen molar-refractivity contribution in [2.24, 2.45) is 0 Å². The Morgan fingerprint density at radius 3 is 2.52 bits per heavy atom. The summed E-state index contributed by atoms with van der Waals surface area (Å²) >= 11 is 0. The van der Waals surface area contributed by atoms with Gasteiger partial charge in [0.25, 0.3) is 6.43 Å². The maximum atomic E-state index is 12.4. The van der Waals surface area contributed by atoms with Crippen molar-refractivity contribution >= 4 is 0 Å². The van der Waals surface area contributed by atoms with Gasteiger partial charge >= 0.3 is 6.01 Å². The lowest BCUT2D eigenvalue weighted by molar-refractivity contribution is 0.0771. The molecule has 1 N–H and O–H groups in total. The molecule has 3 rings (SSSR count). The predicted molar refractivity (Wildman–Crippen MR) is 84.3 cm³/mol. The second kappa shape index (κ2) is 7.12. The number of methoxy groups -OCH3 is 1. The molecule has 0 fully saturated rings. The largest absolute Gasteiger partial charge is 0.508 e. The fraction of sp³-hybridized carbons (Fsp3) is 0.188. The molecule has 2 aromatic heterocycles. The molecule has 0 aliphatic heterocycles. The summed E-state index contributed by atoms with van der Waals surface area (Å²) in [5, 5.41) is 13.5. The number of rotatable bonds is 6. The van der Waals surface area contributed by atoms with Gasteiger partial charge < -0.3 is 14.6 Å². The molecule has 2 heterocycles. The van der Waals surface area contributed by atoms with Crippen molar-refractivity contribution in [3.8, 4) is 34.7 Å². The lowest BCUT2D eigenvalue weighted by Gasteiger charge is -2.06. The van der Waals surface area contributed by atoms with Gasteiger partial charge in [-0.25, -0.2) is 18.4 Å². The molecule has 0 bridgehead atoms. The van der Waals surface area contributed by atoms with Crippen LogP contribution in [-0.2, 0) is 0 Å².